The molecular weight excluding hydrogens is 222 g/mol. The van der Waals surface area contributed by atoms with Crippen LogP contribution in [0, 0.1) is 0 Å². The molecule has 0 aromatic heterocycles. The molecule has 0 saturated heterocycles. The van der Waals surface area contributed by atoms with Crippen LogP contribution in [0.5, 0.6) is 5.75 Å². The summed E-state index contributed by atoms with van der Waals surface area (Å²) in [7, 11) is 1.67. The predicted molar refractivity (Wildman–Crippen MR) is 69.2 cm³/mol. The molecule has 90 valence electrons. The third-order valence-electron chi connectivity index (χ3n) is 2.55. The molecule has 0 amide bonds. The summed E-state index contributed by atoms with van der Waals surface area (Å²) in [6.07, 6.45) is 3.73. The Labute approximate surface area is 103 Å². The lowest BCUT2D eigenvalue weighted by atomic mass is 10.2. The van der Waals surface area contributed by atoms with Crippen LogP contribution in [-0.2, 0) is 6.54 Å². The molecule has 0 atom stereocenters. The molecule has 1 N–H and O–H groups in total. The van der Waals surface area contributed by atoms with Crippen LogP contribution in [0.15, 0.2) is 18.2 Å². The van der Waals surface area contributed by atoms with Gasteiger partial charge in [0.15, 0.2) is 0 Å². The van der Waals surface area contributed by atoms with Gasteiger partial charge in [-0.2, -0.15) is 0 Å². The first-order valence-corrected chi connectivity index (χ1v) is 6.19. The maximum atomic E-state index is 6.13. The number of benzene rings is 1. The number of hydrogen-bond acceptors (Lipinski definition) is 2. The van der Waals surface area contributed by atoms with Gasteiger partial charge in [-0.05, 0) is 25.1 Å². The number of halogens is 1. The molecule has 0 aliphatic heterocycles. The minimum Gasteiger partial charge on any atom is -0.496 e. The van der Waals surface area contributed by atoms with E-state index in [1.807, 2.05) is 18.2 Å². The first kappa shape index (κ1) is 13.3. The van der Waals surface area contributed by atoms with Crippen molar-refractivity contribution in [1.29, 1.82) is 0 Å². The molecule has 0 unspecified atom stereocenters. The van der Waals surface area contributed by atoms with Crippen LogP contribution in [0.2, 0.25) is 5.02 Å². The zero-order chi connectivity index (χ0) is 11.8. The Morgan fingerprint density at radius 1 is 1.31 bits per heavy atom. The van der Waals surface area contributed by atoms with Crippen LogP contribution < -0.4 is 10.1 Å². The smallest absolute Gasteiger partial charge is 0.124 e. The van der Waals surface area contributed by atoms with Gasteiger partial charge in [-0.25, -0.2) is 0 Å². The zero-order valence-corrected chi connectivity index (χ0v) is 10.8. The normalized spacial score (nSPS) is 10.4. The van der Waals surface area contributed by atoms with Crippen molar-refractivity contribution in [3.63, 3.8) is 0 Å². The standard InChI is InChI=1S/C13H20ClNO/c1-3-4-5-9-15-10-11-12(14)7-6-8-13(11)16-2/h6-8,15H,3-5,9-10H2,1-2H3. The Morgan fingerprint density at radius 2 is 2.12 bits per heavy atom. The van der Waals surface area contributed by atoms with Crippen LogP contribution >= 0.6 is 11.6 Å². The van der Waals surface area contributed by atoms with Crippen molar-refractivity contribution < 1.29 is 4.74 Å². The molecule has 1 aromatic rings. The van der Waals surface area contributed by atoms with E-state index in [0.717, 1.165) is 29.4 Å². The highest BCUT2D eigenvalue weighted by Crippen LogP contribution is 2.25. The van der Waals surface area contributed by atoms with Gasteiger partial charge in [-0.1, -0.05) is 37.4 Å². The van der Waals surface area contributed by atoms with Crippen molar-refractivity contribution in [3.8, 4) is 5.75 Å². The van der Waals surface area contributed by atoms with Crippen LogP contribution in [-0.4, -0.2) is 13.7 Å². The average molecular weight is 242 g/mol. The quantitative estimate of drug-likeness (QED) is 0.736. The van der Waals surface area contributed by atoms with Gasteiger partial charge in [0.25, 0.3) is 0 Å². The summed E-state index contributed by atoms with van der Waals surface area (Å²) in [5.41, 5.74) is 1.04. The van der Waals surface area contributed by atoms with E-state index in [-0.39, 0.29) is 0 Å². The Balaban J connectivity index is 2.46. The molecule has 0 saturated carbocycles. The Kier molecular flexibility index (Phi) is 6.27. The minimum atomic E-state index is 0.766. The zero-order valence-electron chi connectivity index (χ0n) is 10.1. The molecule has 0 aliphatic rings. The number of ether oxygens (including phenoxy) is 1. The van der Waals surface area contributed by atoms with Crippen molar-refractivity contribution in [2.24, 2.45) is 0 Å². The number of rotatable bonds is 7. The van der Waals surface area contributed by atoms with E-state index in [1.54, 1.807) is 7.11 Å². The van der Waals surface area contributed by atoms with Gasteiger partial charge in [0, 0.05) is 17.1 Å². The summed E-state index contributed by atoms with van der Waals surface area (Å²) in [6.45, 7) is 4.01. The summed E-state index contributed by atoms with van der Waals surface area (Å²) >= 11 is 6.13. The number of hydrogen-bond donors (Lipinski definition) is 1. The first-order chi connectivity index (χ1) is 7.79. The average Bonchev–Trinajstić information content (AvgIpc) is 2.30. The summed E-state index contributed by atoms with van der Waals surface area (Å²) < 4.78 is 5.28. The largest absolute Gasteiger partial charge is 0.496 e. The fraction of sp³-hybridized carbons (Fsp3) is 0.538. The van der Waals surface area contributed by atoms with Gasteiger partial charge in [0.1, 0.15) is 5.75 Å². The summed E-state index contributed by atoms with van der Waals surface area (Å²) in [6, 6.07) is 5.74. The van der Waals surface area contributed by atoms with Crippen LogP contribution in [0.1, 0.15) is 31.7 Å². The Hall–Kier alpha value is -0.730. The second-order valence-electron chi connectivity index (χ2n) is 3.80. The molecule has 0 radical (unpaired) electrons. The van der Waals surface area contributed by atoms with Gasteiger partial charge in [-0.3, -0.25) is 0 Å². The molecule has 0 bridgehead atoms. The second-order valence-corrected chi connectivity index (χ2v) is 4.21. The highest BCUT2D eigenvalue weighted by molar-refractivity contribution is 6.31. The third-order valence-corrected chi connectivity index (χ3v) is 2.91. The van der Waals surface area contributed by atoms with E-state index in [4.69, 9.17) is 16.3 Å². The fourth-order valence-electron chi connectivity index (χ4n) is 1.62. The fourth-order valence-corrected chi connectivity index (χ4v) is 1.85. The van der Waals surface area contributed by atoms with E-state index in [9.17, 15) is 0 Å². The van der Waals surface area contributed by atoms with Gasteiger partial charge in [0.05, 0.1) is 7.11 Å². The lowest BCUT2D eigenvalue weighted by molar-refractivity contribution is 0.407. The highest BCUT2D eigenvalue weighted by atomic mass is 35.5. The molecule has 1 aromatic carbocycles. The van der Waals surface area contributed by atoms with Gasteiger partial charge in [-0.15, -0.1) is 0 Å². The molecule has 2 nitrogen and oxygen atoms in total. The highest BCUT2D eigenvalue weighted by Gasteiger charge is 2.06. The van der Waals surface area contributed by atoms with Gasteiger partial charge >= 0.3 is 0 Å². The van der Waals surface area contributed by atoms with E-state index in [2.05, 4.69) is 12.2 Å². The SMILES string of the molecule is CCCCCNCc1c(Cl)cccc1OC. The number of nitrogens with one attached hydrogen (secondary N) is 1. The topological polar surface area (TPSA) is 21.3 Å². The number of unbranched alkanes of at least 4 members (excludes halogenated alkanes) is 2. The third kappa shape index (κ3) is 4.03. The molecule has 0 spiro atoms. The van der Waals surface area contributed by atoms with E-state index in [0.29, 0.717) is 0 Å². The van der Waals surface area contributed by atoms with Crippen LogP contribution in [0.4, 0.5) is 0 Å². The van der Waals surface area contributed by atoms with Crippen molar-refractivity contribution >= 4 is 11.6 Å². The Bertz CT molecular complexity index is 315. The molecule has 3 heteroatoms. The molecule has 0 aliphatic carbocycles. The minimum absolute atomic E-state index is 0.766. The van der Waals surface area contributed by atoms with Crippen molar-refractivity contribution in [1.82, 2.24) is 5.32 Å². The van der Waals surface area contributed by atoms with E-state index < -0.39 is 0 Å². The maximum Gasteiger partial charge on any atom is 0.124 e. The molecular formula is C13H20ClNO. The van der Waals surface area contributed by atoms with Crippen molar-refractivity contribution in [2.75, 3.05) is 13.7 Å². The van der Waals surface area contributed by atoms with Crippen LogP contribution in [0.3, 0.4) is 0 Å². The van der Waals surface area contributed by atoms with Gasteiger partial charge in [0.2, 0.25) is 0 Å². The van der Waals surface area contributed by atoms with Crippen LogP contribution in [0.25, 0.3) is 0 Å². The molecule has 0 fully saturated rings. The predicted octanol–water partition coefficient (Wildman–Crippen LogP) is 3.63. The van der Waals surface area contributed by atoms with Crippen molar-refractivity contribution in [3.05, 3.63) is 28.8 Å². The molecule has 1 rings (SSSR count). The number of methoxy groups -OCH3 is 1. The van der Waals surface area contributed by atoms with Gasteiger partial charge < -0.3 is 10.1 Å². The summed E-state index contributed by atoms with van der Waals surface area (Å²) in [5.74, 6) is 0.857. The second kappa shape index (κ2) is 7.53. The summed E-state index contributed by atoms with van der Waals surface area (Å²) in [4.78, 5) is 0. The summed E-state index contributed by atoms with van der Waals surface area (Å²) in [5, 5.41) is 4.15. The first-order valence-electron chi connectivity index (χ1n) is 5.81. The monoisotopic (exact) mass is 241 g/mol. The Morgan fingerprint density at radius 3 is 2.81 bits per heavy atom. The lowest BCUT2D eigenvalue weighted by Gasteiger charge is -2.11. The lowest BCUT2D eigenvalue weighted by Crippen LogP contribution is -2.15. The van der Waals surface area contributed by atoms with Crippen molar-refractivity contribution in [2.45, 2.75) is 32.7 Å². The maximum absolute atomic E-state index is 6.13. The van der Waals surface area contributed by atoms with E-state index >= 15 is 0 Å². The molecule has 0 heterocycles. The molecule has 16 heavy (non-hydrogen) atoms. The van der Waals surface area contributed by atoms with E-state index in [1.165, 1.54) is 19.3 Å².